The molecule has 0 fully saturated rings. The quantitative estimate of drug-likeness (QED) is 0.556. The van der Waals surface area contributed by atoms with E-state index in [-0.39, 0.29) is 24.5 Å². The van der Waals surface area contributed by atoms with Gasteiger partial charge in [0.25, 0.3) is 0 Å². The molecule has 0 atom stereocenters. The molecule has 0 bridgehead atoms. The van der Waals surface area contributed by atoms with Crippen molar-refractivity contribution in [2.75, 3.05) is 13.2 Å². The Morgan fingerprint density at radius 1 is 1.33 bits per heavy atom. The number of nitrogens with one attached hydrogen (secondary N) is 1. The first kappa shape index (κ1) is 17.0. The fourth-order valence-corrected chi connectivity index (χ4v) is 2.46. The number of hydrogen-bond donors (Lipinski definition) is 2. The van der Waals surface area contributed by atoms with Crippen molar-refractivity contribution in [3.63, 3.8) is 0 Å². The van der Waals surface area contributed by atoms with Crippen molar-refractivity contribution in [3.8, 4) is 17.6 Å². The average molecular weight is 311 g/mol. The van der Waals surface area contributed by atoms with Gasteiger partial charge >= 0.3 is 5.97 Å². The molecular formula is C14H17NO5S. The summed E-state index contributed by atoms with van der Waals surface area (Å²) in [6.07, 6.45) is 0.339. The van der Waals surface area contributed by atoms with Crippen LogP contribution in [0.2, 0.25) is 0 Å². The monoisotopic (exact) mass is 311 g/mol. The summed E-state index contributed by atoms with van der Waals surface area (Å²) in [6, 6.07) is 5.79. The molecule has 0 heterocycles. The molecule has 2 N–H and O–H groups in total. The largest absolute Gasteiger partial charge is 0.493 e. The summed E-state index contributed by atoms with van der Waals surface area (Å²) >= 11 is 0. The number of aliphatic carboxylic acids is 1. The zero-order valence-electron chi connectivity index (χ0n) is 11.6. The van der Waals surface area contributed by atoms with Gasteiger partial charge in [0.2, 0.25) is 10.0 Å². The van der Waals surface area contributed by atoms with Crippen LogP contribution in [0.4, 0.5) is 0 Å². The van der Waals surface area contributed by atoms with Crippen LogP contribution in [0.25, 0.3) is 0 Å². The number of benzene rings is 1. The molecule has 0 aliphatic rings. The van der Waals surface area contributed by atoms with Crippen molar-refractivity contribution in [2.45, 2.75) is 24.7 Å². The maximum absolute atomic E-state index is 11.9. The fraction of sp³-hybridized carbons (Fsp3) is 0.357. The molecule has 0 unspecified atom stereocenters. The van der Waals surface area contributed by atoms with Gasteiger partial charge in [0, 0.05) is 13.0 Å². The molecule has 0 aliphatic carbocycles. The summed E-state index contributed by atoms with van der Waals surface area (Å²) in [6.45, 7) is 1.98. The van der Waals surface area contributed by atoms with Crippen LogP contribution in [-0.2, 0) is 14.8 Å². The molecule has 0 radical (unpaired) electrons. The molecule has 0 aliphatic heterocycles. The summed E-state index contributed by atoms with van der Waals surface area (Å²) in [5.41, 5.74) is 0. The lowest BCUT2D eigenvalue weighted by atomic mass is 10.3. The van der Waals surface area contributed by atoms with Crippen LogP contribution in [0.1, 0.15) is 19.8 Å². The highest BCUT2D eigenvalue weighted by atomic mass is 32.2. The Balaban J connectivity index is 2.58. The molecule has 0 amide bonds. The van der Waals surface area contributed by atoms with E-state index in [0.717, 1.165) is 0 Å². The predicted octanol–water partition coefficient (Wildman–Crippen LogP) is 1.23. The molecule has 0 aromatic heterocycles. The molecular weight excluding hydrogens is 294 g/mol. The fourth-order valence-electron chi connectivity index (χ4n) is 1.43. The van der Waals surface area contributed by atoms with E-state index in [9.17, 15) is 13.2 Å². The van der Waals surface area contributed by atoms with Crippen LogP contribution in [0.5, 0.6) is 5.75 Å². The first-order valence-electron chi connectivity index (χ1n) is 6.29. The van der Waals surface area contributed by atoms with Crippen LogP contribution < -0.4 is 9.46 Å². The zero-order chi connectivity index (χ0) is 15.7. The molecule has 114 valence electrons. The van der Waals surface area contributed by atoms with Crippen molar-refractivity contribution in [3.05, 3.63) is 24.3 Å². The third-order valence-corrected chi connectivity index (χ3v) is 3.91. The van der Waals surface area contributed by atoms with Crippen LogP contribution in [0.15, 0.2) is 29.2 Å². The van der Waals surface area contributed by atoms with Gasteiger partial charge in [-0.3, -0.25) is 4.79 Å². The van der Waals surface area contributed by atoms with Crippen LogP contribution in [-0.4, -0.2) is 32.6 Å². The summed E-state index contributed by atoms with van der Waals surface area (Å²) in [7, 11) is -3.56. The molecule has 21 heavy (non-hydrogen) atoms. The lowest BCUT2D eigenvalue weighted by Gasteiger charge is -2.07. The first-order valence-corrected chi connectivity index (χ1v) is 7.78. The number of hydrogen-bond acceptors (Lipinski definition) is 4. The summed E-state index contributed by atoms with van der Waals surface area (Å²) in [4.78, 5) is 10.5. The number of rotatable bonds is 8. The normalized spacial score (nSPS) is 10.5. The van der Waals surface area contributed by atoms with Crippen molar-refractivity contribution in [1.29, 1.82) is 0 Å². The minimum absolute atomic E-state index is 0.0371. The van der Waals surface area contributed by atoms with E-state index < -0.39 is 16.0 Å². The maximum Gasteiger partial charge on any atom is 0.306 e. The Bertz CT molecular complexity index is 626. The van der Waals surface area contributed by atoms with E-state index in [0.29, 0.717) is 12.2 Å². The first-order chi connectivity index (χ1) is 9.95. The SMILES string of the molecule is CC#CCCNS(=O)(=O)c1ccc(OCCC(=O)O)cc1. The molecule has 0 saturated heterocycles. The van der Waals surface area contributed by atoms with Gasteiger partial charge in [-0.2, -0.15) is 0 Å². The van der Waals surface area contributed by atoms with Gasteiger partial charge in [0.05, 0.1) is 17.9 Å². The Morgan fingerprint density at radius 3 is 2.57 bits per heavy atom. The lowest BCUT2D eigenvalue weighted by molar-refractivity contribution is -0.137. The number of carboxylic acid groups (broad SMARTS) is 1. The van der Waals surface area contributed by atoms with Crippen LogP contribution in [0, 0.1) is 11.8 Å². The van der Waals surface area contributed by atoms with Gasteiger partial charge in [-0.1, -0.05) is 0 Å². The average Bonchev–Trinajstić information content (AvgIpc) is 2.44. The molecule has 0 spiro atoms. The Morgan fingerprint density at radius 2 is 2.00 bits per heavy atom. The predicted molar refractivity (Wildman–Crippen MR) is 77.4 cm³/mol. The third kappa shape index (κ3) is 6.29. The van der Waals surface area contributed by atoms with Gasteiger partial charge in [0.1, 0.15) is 5.75 Å². The highest BCUT2D eigenvalue weighted by Gasteiger charge is 2.12. The summed E-state index contributed by atoms with van der Waals surface area (Å²) < 4.78 is 31.5. The zero-order valence-corrected chi connectivity index (χ0v) is 12.4. The maximum atomic E-state index is 11.9. The number of carbonyl (C=O) groups is 1. The lowest BCUT2D eigenvalue weighted by Crippen LogP contribution is -2.24. The van der Waals surface area contributed by atoms with Gasteiger partial charge in [-0.05, 0) is 31.2 Å². The number of carboxylic acids is 1. The van der Waals surface area contributed by atoms with E-state index in [1.807, 2.05) is 0 Å². The van der Waals surface area contributed by atoms with Crippen molar-refractivity contribution in [2.24, 2.45) is 0 Å². The second kappa shape index (κ2) is 8.29. The van der Waals surface area contributed by atoms with Crippen LogP contribution in [0.3, 0.4) is 0 Å². The highest BCUT2D eigenvalue weighted by molar-refractivity contribution is 7.89. The standard InChI is InChI=1S/C14H17NO5S/c1-2-3-4-10-15-21(18,19)13-7-5-12(6-8-13)20-11-9-14(16)17/h5-8,15H,4,9-11H2,1H3,(H,16,17). The van der Waals surface area contributed by atoms with Crippen molar-refractivity contribution < 1.29 is 23.1 Å². The van der Waals surface area contributed by atoms with Gasteiger partial charge in [0.15, 0.2) is 0 Å². The Kier molecular flexibility index (Phi) is 6.72. The van der Waals surface area contributed by atoms with Gasteiger partial charge in [-0.25, -0.2) is 13.1 Å². The molecule has 7 heteroatoms. The molecule has 6 nitrogen and oxygen atoms in total. The smallest absolute Gasteiger partial charge is 0.306 e. The summed E-state index contributed by atoms with van der Waals surface area (Å²) in [5.74, 6) is 4.93. The Labute approximate surface area is 124 Å². The molecule has 1 aromatic rings. The summed E-state index contributed by atoms with van der Waals surface area (Å²) in [5, 5.41) is 8.49. The molecule has 0 saturated carbocycles. The second-order valence-electron chi connectivity index (χ2n) is 4.04. The van der Waals surface area contributed by atoms with Gasteiger partial charge in [-0.15, -0.1) is 11.8 Å². The Hall–Kier alpha value is -2.04. The van der Waals surface area contributed by atoms with E-state index in [4.69, 9.17) is 9.84 Å². The minimum atomic E-state index is -3.56. The topological polar surface area (TPSA) is 92.7 Å². The number of ether oxygens (including phenoxy) is 1. The third-order valence-electron chi connectivity index (χ3n) is 2.44. The van der Waals surface area contributed by atoms with E-state index in [1.54, 1.807) is 6.92 Å². The number of sulfonamides is 1. The van der Waals surface area contributed by atoms with Crippen molar-refractivity contribution >= 4 is 16.0 Å². The van der Waals surface area contributed by atoms with E-state index in [1.165, 1.54) is 24.3 Å². The second-order valence-corrected chi connectivity index (χ2v) is 5.81. The minimum Gasteiger partial charge on any atom is -0.493 e. The molecule has 1 rings (SSSR count). The highest BCUT2D eigenvalue weighted by Crippen LogP contribution is 2.16. The van der Waals surface area contributed by atoms with E-state index >= 15 is 0 Å². The van der Waals surface area contributed by atoms with Crippen molar-refractivity contribution in [1.82, 2.24) is 4.72 Å². The van der Waals surface area contributed by atoms with Crippen LogP contribution >= 0.6 is 0 Å². The molecule has 1 aromatic carbocycles. The van der Waals surface area contributed by atoms with Gasteiger partial charge < -0.3 is 9.84 Å². The van der Waals surface area contributed by atoms with E-state index in [2.05, 4.69) is 16.6 Å².